The van der Waals surface area contributed by atoms with Crippen molar-refractivity contribution in [3.05, 3.63) is 0 Å². The van der Waals surface area contributed by atoms with E-state index >= 15 is 0 Å². The first-order valence-corrected chi connectivity index (χ1v) is 6.86. The van der Waals surface area contributed by atoms with Crippen LogP contribution in [0, 0.1) is 5.92 Å². The van der Waals surface area contributed by atoms with Gasteiger partial charge < -0.3 is 9.47 Å². The van der Waals surface area contributed by atoms with Crippen molar-refractivity contribution in [2.45, 2.75) is 57.7 Å². The molecule has 1 heterocycles. The zero-order valence-electron chi connectivity index (χ0n) is 12.3. The van der Waals surface area contributed by atoms with Crippen LogP contribution >= 0.6 is 0 Å². The lowest BCUT2D eigenvalue weighted by molar-refractivity contribution is -0.148. The van der Waals surface area contributed by atoms with Crippen LogP contribution in [-0.2, 0) is 19.1 Å². The van der Waals surface area contributed by atoms with Gasteiger partial charge in [0.2, 0.25) is 0 Å². The maximum atomic E-state index is 12.3. The molecule has 0 aromatic carbocycles. The Balaban J connectivity index is 2.23. The van der Waals surface area contributed by atoms with E-state index in [-0.39, 0.29) is 18.2 Å². The summed E-state index contributed by atoms with van der Waals surface area (Å²) in [6.45, 7) is 5.26. The second-order valence-corrected chi connectivity index (χ2v) is 6.39. The molecule has 20 heavy (non-hydrogen) atoms. The number of esters is 1. The van der Waals surface area contributed by atoms with Gasteiger partial charge in [-0.2, -0.15) is 0 Å². The molecule has 1 aliphatic heterocycles. The Morgan fingerprint density at radius 2 is 1.85 bits per heavy atom. The van der Waals surface area contributed by atoms with E-state index in [0.717, 1.165) is 12.8 Å². The van der Waals surface area contributed by atoms with Gasteiger partial charge in [0.25, 0.3) is 0 Å². The molecule has 2 fully saturated rings. The Bertz CT molecular complexity index is 435. The Labute approximate surface area is 118 Å². The second-order valence-electron chi connectivity index (χ2n) is 6.39. The van der Waals surface area contributed by atoms with Crippen molar-refractivity contribution >= 4 is 17.8 Å². The Morgan fingerprint density at radius 1 is 1.25 bits per heavy atom. The highest BCUT2D eigenvalue weighted by Crippen LogP contribution is 2.41. The molecule has 6 heteroatoms. The highest BCUT2D eigenvalue weighted by molar-refractivity contribution is 6.07. The van der Waals surface area contributed by atoms with Crippen molar-refractivity contribution in [1.29, 1.82) is 0 Å². The first kappa shape index (κ1) is 14.8. The van der Waals surface area contributed by atoms with Gasteiger partial charge >= 0.3 is 12.1 Å². The van der Waals surface area contributed by atoms with Crippen molar-refractivity contribution in [3.8, 4) is 0 Å². The van der Waals surface area contributed by atoms with E-state index in [1.54, 1.807) is 20.8 Å². The molecule has 1 aliphatic carbocycles. The summed E-state index contributed by atoms with van der Waals surface area (Å²) in [4.78, 5) is 37.5. The van der Waals surface area contributed by atoms with Gasteiger partial charge in [-0.05, 0) is 39.5 Å². The molecule has 6 nitrogen and oxygen atoms in total. The van der Waals surface area contributed by atoms with Gasteiger partial charge in [0.05, 0.1) is 7.11 Å². The van der Waals surface area contributed by atoms with E-state index < -0.39 is 23.7 Å². The summed E-state index contributed by atoms with van der Waals surface area (Å²) in [6, 6.07) is -1.39. The minimum Gasteiger partial charge on any atom is -0.467 e. The van der Waals surface area contributed by atoms with Crippen LogP contribution < -0.4 is 0 Å². The molecular weight excluding hydrogens is 262 g/mol. The fourth-order valence-electron chi connectivity index (χ4n) is 2.55. The van der Waals surface area contributed by atoms with Crippen molar-refractivity contribution in [1.82, 2.24) is 4.90 Å². The van der Waals surface area contributed by atoms with Crippen molar-refractivity contribution < 1.29 is 23.9 Å². The lowest BCUT2D eigenvalue weighted by Crippen LogP contribution is -2.49. The van der Waals surface area contributed by atoms with E-state index in [2.05, 4.69) is 4.74 Å². The molecule has 1 saturated carbocycles. The van der Waals surface area contributed by atoms with E-state index in [9.17, 15) is 14.4 Å². The van der Waals surface area contributed by atoms with Crippen LogP contribution in [0.15, 0.2) is 0 Å². The summed E-state index contributed by atoms with van der Waals surface area (Å²) in [6.07, 6.45) is 1.55. The van der Waals surface area contributed by atoms with Gasteiger partial charge in [-0.3, -0.25) is 9.69 Å². The highest BCUT2D eigenvalue weighted by Gasteiger charge is 2.53. The summed E-state index contributed by atoms with van der Waals surface area (Å²) < 4.78 is 9.98. The fraction of sp³-hybridized carbons (Fsp3) is 0.786. The zero-order valence-corrected chi connectivity index (χ0v) is 12.3. The normalized spacial score (nSPS) is 26.6. The first-order valence-electron chi connectivity index (χ1n) is 6.86. The third kappa shape index (κ3) is 2.94. The van der Waals surface area contributed by atoms with Gasteiger partial charge in [0.1, 0.15) is 5.60 Å². The van der Waals surface area contributed by atoms with Gasteiger partial charge in [-0.1, -0.05) is 0 Å². The molecular formula is C14H21NO5. The maximum Gasteiger partial charge on any atom is 0.411 e. The molecule has 2 rings (SSSR count). The van der Waals surface area contributed by atoms with Gasteiger partial charge in [-0.15, -0.1) is 0 Å². The van der Waals surface area contributed by atoms with E-state index in [0.29, 0.717) is 5.92 Å². The largest absolute Gasteiger partial charge is 0.467 e. The molecule has 2 atom stereocenters. The number of carbonyl (C=O) groups excluding carboxylic acids is 3. The van der Waals surface area contributed by atoms with E-state index in [4.69, 9.17) is 4.74 Å². The predicted molar refractivity (Wildman–Crippen MR) is 70.0 cm³/mol. The minimum absolute atomic E-state index is 0.212. The van der Waals surface area contributed by atoms with Crippen LogP contribution in [0.3, 0.4) is 0 Å². The average molecular weight is 283 g/mol. The van der Waals surface area contributed by atoms with Crippen LogP contribution in [0.1, 0.15) is 40.0 Å². The lowest BCUT2D eigenvalue weighted by atomic mass is 10.1. The molecule has 2 aliphatic rings. The number of methoxy groups -OCH3 is 1. The molecule has 0 radical (unpaired) electrons. The quantitative estimate of drug-likeness (QED) is 0.567. The molecule has 0 aromatic rings. The Kier molecular flexibility index (Phi) is 3.75. The maximum absolute atomic E-state index is 12.3. The van der Waals surface area contributed by atoms with Gasteiger partial charge in [0, 0.05) is 12.5 Å². The molecule has 0 N–H and O–H groups in total. The third-order valence-electron chi connectivity index (χ3n) is 3.55. The third-order valence-corrected chi connectivity index (χ3v) is 3.55. The standard InChI is InChI=1S/C14H21NO5/c1-14(2,3)20-13(18)15-9(8-5-6-8)7-10(16)11(15)12(17)19-4/h8-9,11H,5-7H2,1-4H3. The number of hydrogen-bond acceptors (Lipinski definition) is 5. The zero-order chi connectivity index (χ0) is 15.1. The first-order chi connectivity index (χ1) is 9.24. The SMILES string of the molecule is COC(=O)C1C(=O)CC(C2CC2)N1C(=O)OC(C)(C)C. The van der Waals surface area contributed by atoms with Gasteiger partial charge in [-0.25, -0.2) is 9.59 Å². The number of rotatable bonds is 2. The number of ether oxygens (including phenoxy) is 2. The molecule has 1 saturated heterocycles. The number of likely N-dealkylation sites (tertiary alicyclic amines) is 1. The molecule has 2 unspecified atom stereocenters. The molecule has 0 aromatic heterocycles. The summed E-state index contributed by atoms with van der Waals surface area (Å²) >= 11 is 0. The Hall–Kier alpha value is -1.59. The number of nitrogens with zero attached hydrogens (tertiary/aromatic N) is 1. The predicted octanol–water partition coefficient (Wildman–Crippen LogP) is 1.52. The summed E-state index contributed by atoms with van der Waals surface area (Å²) in [5.74, 6) is -0.662. The number of hydrogen-bond donors (Lipinski definition) is 0. The topological polar surface area (TPSA) is 72.9 Å². The van der Waals surface area contributed by atoms with Crippen LogP contribution in [0.25, 0.3) is 0 Å². The minimum atomic E-state index is -1.15. The second kappa shape index (κ2) is 5.07. The Morgan fingerprint density at radius 3 is 2.30 bits per heavy atom. The molecule has 112 valence electrons. The molecule has 0 bridgehead atoms. The van der Waals surface area contributed by atoms with Crippen LogP contribution in [0.5, 0.6) is 0 Å². The van der Waals surface area contributed by atoms with Crippen LogP contribution in [0.2, 0.25) is 0 Å². The van der Waals surface area contributed by atoms with E-state index in [1.807, 2.05) is 0 Å². The van der Waals surface area contributed by atoms with Gasteiger partial charge in [0.15, 0.2) is 11.8 Å². The average Bonchev–Trinajstić information content (AvgIpc) is 3.09. The molecule has 1 amide bonds. The number of amides is 1. The highest BCUT2D eigenvalue weighted by atomic mass is 16.6. The smallest absolute Gasteiger partial charge is 0.411 e. The lowest BCUT2D eigenvalue weighted by Gasteiger charge is -2.30. The summed E-state index contributed by atoms with van der Waals surface area (Å²) in [7, 11) is 1.22. The van der Waals surface area contributed by atoms with E-state index in [1.165, 1.54) is 12.0 Å². The van der Waals surface area contributed by atoms with Crippen LogP contribution in [-0.4, -0.2) is 47.5 Å². The molecule has 0 spiro atoms. The van der Waals surface area contributed by atoms with Crippen molar-refractivity contribution in [3.63, 3.8) is 0 Å². The fourth-order valence-corrected chi connectivity index (χ4v) is 2.55. The van der Waals surface area contributed by atoms with Crippen molar-refractivity contribution in [2.24, 2.45) is 5.92 Å². The number of carbonyl (C=O) groups is 3. The summed E-state index contributed by atoms with van der Waals surface area (Å²) in [5.41, 5.74) is -0.669. The monoisotopic (exact) mass is 283 g/mol. The van der Waals surface area contributed by atoms with Crippen LogP contribution in [0.4, 0.5) is 4.79 Å². The number of Topliss-reactive ketones (excluding diaryl/α,β-unsaturated/α-hetero) is 1. The number of ketones is 1. The van der Waals surface area contributed by atoms with Crippen molar-refractivity contribution in [2.75, 3.05) is 7.11 Å². The summed E-state index contributed by atoms with van der Waals surface area (Å²) in [5, 5.41) is 0.